The zero-order chi connectivity index (χ0) is 13.4. The van der Waals surface area contributed by atoms with Gasteiger partial charge in [0.25, 0.3) is 0 Å². The molecule has 0 saturated heterocycles. The van der Waals surface area contributed by atoms with Gasteiger partial charge in [0.2, 0.25) is 0 Å². The van der Waals surface area contributed by atoms with E-state index in [4.69, 9.17) is 4.74 Å². The molecule has 0 radical (unpaired) electrons. The van der Waals surface area contributed by atoms with Gasteiger partial charge in [-0.3, -0.25) is 4.68 Å². The van der Waals surface area contributed by atoms with Crippen LogP contribution < -0.4 is 10.1 Å². The Kier molecular flexibility index (Phi) is 6.75. The zero-order valence-corrected chi connectivity index (χ0v) is 11.6. The standard InChI is InChI=1S/C13H25N3O2/c1-4-7-18-13-8-14-16(9-13)6-5-12(10-17)15-11(2)3/h8-9,11-12,15,17H,4-7,10H2,1-3H3. The first-order valence-electron chi connectivity index (χ1n) is 6.67. The normalized spacial score (nSPS) is 12.9. The minimum Gasteiger partial charge on any atom is -0.490 e. The third-order valence-corrected chi connectivity index (χ3v) is 2.58. The van der Waals surface area contributed by atoms with Gasteiger partial charge in [0.1, 0.15) is 0 Å². The number of aliphatic hydroxyl groups excluding tert-OH is 1. The first-order valence-corrected chi connectivity index (χ1v) is 6.67. The molecule has 0 saturated carbocycles. The summed E-state index contributed by atoms with van der Waals surface area (Å²) in [5, 5.41) is 16.8. The molecule has 0 fully saturated rings. The lowest BCUT2D eigenvalue weighted by molar-refractivity contribution is 0.222. The molecule has 1 heterocycles. The SMILES string of the molecule is CCCOc1cnn(CCC(CO)NC(C)C)c1. The average molecular weight is 255 g/mol. The lowest BCUT2D eigenvalue weighted by Gasteiger charge is -2.18. The minimum absolute atomic E-state index is 0.120. The van der Waals surface area contributed by atoms with Crippen molar-refractivity contribution in [1.82, 2.24) is 15.1 Å². The molecule has 1 atom stereocenters. The van der Waals surface area contributed by atoms with E-state index in [2.05, 4.69) is 31.2 Å². The summed E-state index contributed by atoms with van der Waals surface area (Å²) in [5.74, 6) is 0.814. The summed E-state index contributed by atoms with van der Waals surface area (Å²) in [5.41, 5.74) is 0. The summed E-state index contributed by atoms with van der Waals surface area (Å²) in [7, 11) is 0. The van der Waals surface area contributed by atoms with Crippen molar-refractivity contribution in [1.29, 1.82) is 0 Å². The molecule has 1 aromatic heterocycles. The van der Waals surface area contributed by atoms with Crippen LogP contribution in [0.2, 0.25) is 0 Å². The van der Waals surface area contributed by atoms with E-state index in [1.54, 1.807) is 6.20 Å². The van der Waals surface area contributed by atoms with E-state index < -0.39 is 0 Å². The first-order chi connectivity index (χ1) is 8.65. The molecular formula is C13H25N3O2. The lowest BCUT2D eigenvalue weighted by Crippen LogP contribution is -2.38. The van der Waals surface area contributed by atoms with Crippen LogP contribution in [0.1, 0.15) is 33.6 Å². The molecule has 18 heavy (non-hydrogen) atoms. The molecule has 0 bridgehead atoms. The predicted molar refractivity (Wildman–Crippen MR) is 71.8 cm³/mol. The van der Waals surface area contributed by atoms with Gasteiger partial charge in [0.05, 0.1) is 25.6 Å². The Bertz CT molecular complexity index is 326. The average Bonchev–Trinajstić information content (AvgIpc) is 2.79. The van der Waals surface area contributed by atoms with Crippen LogP contribution in [0.15, 0.2) is 12.4 Å². The zero-order valence-electron chi connectivity index (χ0n) is 11.6. The second-order valence-corrected chi connectivity index (χ2v) is 4.78. The van der Waals surface area contributed by atoms with Crippen LogP contribution in [-0.2, 0) is 6.54 Å². The highest BCUT2D eigenvalue weighted by atomic mass is 16.5. The number of aromatic nitrogens is 2. The van der Waals surface area contributed by atoms with Crippen molar-refractivity contribution in [2.75, 3.05) is 13.2 Å². The van der Waals surface area contributed by atoms with Crippen molar-refractivity contribution in [3.8, 4) is 5.75 Å². The van der Waals surface area contributed by atoms with Crippen molar-refractivity contribution in [3.63, 3.8) is 0 Å². The largest absolute Gasteiger partial charge is 0.490 e. The second-order valence-electron chi connectivity index (χ2n) is 4.78. The fourth-order valence-electron chi connectivity index (χ4n) is 1.75. The molecule has 2 N–H and O–H groups in total. The maximum atomic E-state index is 9.26. The molecule has 0 aliphatic heterocycles. The second kappa shape index (κ2) is 8.11. The highest BCUT2D eigenvalue weighted by Crippen LogP contribution is 2.09. The number of aliphatic hydroxyl groups is 1. The third-order valence-electron chi connectivity index (χ3n) is 2.58. The van der Waals surface area contributed by atoms with Gasteiger partial charge < -0.3 is 15.2 Å². The summed E-state index contributed by atoms with van der Waals surface area (Å²) >= 11 is 0. The summed E-state index contributed by atoms with van der Waals surface area (Å²) in [6.07, 6.45) is 5.48. The molecule has 1 unspecified atom stereocenters. The number of nitrogens with zero attached hydrogens (tertiary/aromatic N) is 2. The molecule has 0 aliphatic rings. The Labute approximate surface area is 109 Å². The fraction of sp³-hybridized carbons (Fsp3) is 0.769. The van der Waals surface area contributed by atoms with Gasteiger partial charge >= 0.3 is 0 Å². The first kappa shape index (κ1) is 15.0. The number of hydrogen-bond donors (Lipinski definition) is 2. The number of rotatable bonds is 9. The topological polar surface area (TPSA) is 59.3 Å². The Morgan fingerprint density at radius 3 is 2.89 bits per heavy atom. The smallest absolute Gasteiger partial charge is 0.157 e. The Morgan fingerprint density at radius 1 is 1.50 bits per heavy atom. The molecular weight excluding hydrogens is 230 g/mol. The summed E-state index contributed by atoms with van der Waals surface area (Å²) in [6, 6.07) is 0.498. The highest BCUT2D eigenvalue weighted by Gasteiger charge is 2.09. The van der Waals surface area contributed by atoms with E-state index in [0.717, 1.165) is 31.7 Å². The van der Waals surface area contributed by atoms with Crippen LogP contribution in [0.5, 0.6) is 5.75 Å². The molecule has 5 nitrogen and oxygen atoms in total. The number of aryl methyl sites for hydroxylation is 1. The van der Waals surface area contributed by atoms with Gasteiger partial charge in [-0.15, -0.1) is 0 Å². The Balaban J connectivity index is 2.35. The number of hydrogen-bond acceptors (Lipinski definition) is 4. The van der Waals surface area contributed by atoms with Crippen LogP contribution in [0.25, 0.3) is 0 Å². The van der Waals surface area contributed by atoms with E-state index in [9.17, 15) is 5.11 Å². The maximum Gasteiger partial charge on any atom is 0.157 e. The monoisotopic (exact) mass is 255 g/mol. The van der Waals surface area contributed by atoms with Gasteiger partial charge in [-0.25, -0.2) is 0 Å². The highest BCUT2D eigenvalue weighted by molar-refractivity contribution is 5.11. The summed E-state index contributed by atoms with van der Waals surface area (Å²) in [6.45, 7) is 7.88. The predicted octanol–water partition coefficient (Wildman–Crippen LogP) is 1.42. The van der Waals surface area contributed by atoms with Gasteiger partial charge in [0.15, 0.2) is 5.75 Å². The third kappa shape index (κ3) is 5.51. The Hall–Kier alpha value is -1.07. The number of ether oxygens (including phenoxy) is 1. The molecule has 0 amide bonds. The van der Waals surface area contributed by atoms with E-state index >= 15 is 0 Å². The molecule has 0 spiro atoms. The van der Waals surface area contributed by atoms with E-state index in [1.807, 2.05) is 10.9 Å². The van der Waals surface area contributed by atoms with Crippen LogP contribution in [0.3, 0.4) is 0 Å². The van der Waals surface area contributed by atoms with Gasteiger partial charge in [-0.2, -0.15) is 5.10 Å². The molecule has 5 heteroatoms. The lowest BCUT2D eigenvalue weighted by atomic mass is 10.2. The Morgan fingerprint density at radius 2 is 2.28 bits per heavy atom. The minimum atomic E-state index is 0.120. The van der Waals surface area contributed by atoms with Crippen LogP contribution in [-0.4, -0.2) is 40.2 Å². The fourth-order valence-corrected chi connectivity index (χ4v) is 1.75. The van der Waals surface area contributed by atoms with E-state index in [-0.39, 0.29) is 12.6 Å². The number of nitrogens with one attached hydrogen (secondary N) is 1. The molecule has 1 rings (SSSR count). The van der Waals surface area contributed by atoms with Gasteiger partial charge in [0, 0.05) is 18.6 Å². The van der Waals surface area contributed by atoms with Crippen molar-refractivity contribution >= 4 is 0 Å². The van der Waals surface area contributed by atoms with Crippen molar-refractivity contribution in [2.24, 2.45) is 0 Å². The van der Waals surface area contributed by atoms with Crippen LogP contribution >= 0.6 is 0 Å². The van der Waals surface area contributed by atoms with Crippen LogP contribution in [0.4, 0.5) is 0 Å². The quantitative estimate of drug-likeness (QED) is 0.700. The summed E-state index contributed by atoms with van der Waals surface area (Å²) < 4.78 is 7.34. The van der Waals surface area contributed by atoms with Gasteiger partial charge in [-0.1, -0.05) is 20.8 Å². The molecule has 0 aromatic carbocycles. The van der Waals surface area contributed by atoms with E-state index in [0.29, 0.717) is 6.04 Å². The summed E-state index contributed by atoms with van der Waals surface area (Å²) in [4.78, 5) is 0. The van der Waals surface area contributed by atoms with Crippen LogP contribution in [0, 0.1) is 0 Å². The molecule has 1 aromatic rings. The maximum absolute atomic E-state index is 9.26. The van der Waals surface area contributed by atoms with Crippen molar-refractivity contribution < 1.29 is 9.84 Å². The van der Waals surface area contributed by atoms with Gasteiger partial charge in [-0.05, 0) is 12.8 Å². The molecule has 0 aliphatic carbocycles. The molecule has 104 valence electrons. The van der Waals surface area contributed by atoms with Crippen molar-refractivity contribution in [3.05, 3.63) is 12.4 Å². The van der Waals surface area contributed by atoms with E-state index in [1.165, 1.54) is 0 Å². The van der Waals surface area contributed by atoms with Crippen molar-refractivity contribution in [2.45, 2.75) is 52.2 Å².